The molecule has 0 bridgehead atoms. The van der Waals surface area contributed by atoms with E-state index in [1.54, 1.807) is 18.2 Å². The second-order valence-corrected chi connectivity index (χ2v) is 3.66. The molecule has 0 atom stereocenters. The van der Waals surface area contributed by atoms with Crippen LogP contribution in [-0.4, -0.2) is 18.1 Å². The Morgan fingerprint density at radius 3 is 2.82 bits per heavy atom. The Labute approximate surface area is 98.6 Å². The lowest BCUT2D eigenvalue weighted by atomic mass is 10.0. The minimum Gasteiger partial charge on any atom is -0.496 e. The van der Waals surface area contributed by atoms with Gasteiger partial charge in [-0.05, 0) is 28.5 Å². The van der Waals surface area contributed by atoms with E-state index in [4.69, 9.17) is 15.6 Å². The van der Waals surface area contributed by atoms with Crippen LogP contribution in [0.3, 0.4) is 0 Å². The van der Waals surface area contributed by atoms with Gasteiger partial charge < -0.3 is 15.6 Å². The van der Waals surface area contributed by atoms with Crippen LogP contribution in [-0.2, 0) is 6.61 Å². The monoisotopic (exact) mass is 230 g/mol. The summed E-state index contributed by atoms with van der Waals surface area (Å²) in [5, 5.41) is 10.6. The highest BCUT2D eigenvalue weighted by atomic mass is 16.5. The van der Waals surface area contributed by atoms with E-state index < -0.39 is 5.91 Å². The highest BCUT2D eigenvalue weighted by molar-refractivity contribution is 6.06. The van der Waals surface area contributed by atoms with Crippen LogP contribution >= 0.6 is 0 Å². The van der Waals surface area contributed by atoms with Crippen molar-refractivity contribution in [2.24, 2.45) is 5.73 Å². The molecule has 17 heavy (non-hydrogen) atoms. The largest absolute Gasteiger partial charge is 0.496 e. The van der Waals surface area contributed by atoms with Crippen molar-refractivity contribution in [1.82, 2.24) is 0 Å². The fourth-order valence-corrected chi connectivity index (χ4v) is 1.72. The lowest BCUT2D eigenvalue weighted by molar-refractivity contribution is 0.100. The molecule has 0 aliphatic heterocycles. The lowest BCUT2D eigenvalue weighted by Crippen LogP contribution is -2.12. The minimum absolute atomic E-state index is 0.0832. The van der Waals surface area contributed by atoms with Gasteiger partial charge in [-0.1, -0.05) is 12.1 Å². The van der Waals surface area contributed by atoms with E-state index in [9.17, 15) is 4.79 Å². The molecule has 4 heteroatoms. The fourth-order valence-electron chi connectivity index (χ4n) is 1.72. The van der Waals surface area contributed by atoms with Gasteiger partial charge in [-0.2, -0.15) is 0 Å². The van der Waals surface area contributed by atoms with Crippen LogP contribution in [0.2, 0.25) is 0 Å². The van der Waals surface area contributed by atoms with Crippen molar-refractivity contribution < 1.29 is 14.6 Å². The molecule has 0 saturated carbocycles. The number of hydrogen-bond acceptors (Lipinski definition) is 3. The van der Waals surface area contributed by atoms with E-state index in [2.05, 4.69) is 6.07 Å². The normalized spacial score (nSPS) is 10.5. The Kier molecular flexibility index (Phi) is 2.97. The summed E-state index contributed by atoms with van der Waals surface area (Å²) in [5.41, 5.74) is 6.30. The summed E-state index contributed by atoms with van der Waals surface area (Å²) in [5.74, 6) is -0.105. The quantitative estimate of drug-likeness (QED) is 0.833. The van der Waals surface area contributed by atoms with Gasteiger partial charge >= 0.3 is 0 Å². The number of amides is 1. The second-order valence-electron chi connectivity index (χ2n) is 3.66. The second kappa shape index (κ2) is 4.43. The summed E-state index contributed by atoms with van der Waals surface area (Å²) < 4.78 is 5.06. The highest BCUT2D eigenvalue weighted by Crippen LogP contribution is 2.25. The van der Waals surface area contributed by atoms with Gasteiger partial charge in [0.05, 0.1) is 19.3 Å². The Bertz CT molecular complexity index is 578. The van der Waals surface area contributed by atoms with E-state index in [-0.39, 0.29) is 12.2 Å². The third-order valence-corrected chi connectivity index (χ3v) is 2.57. The number of aliphatic hydroxyl groups excluding tert-OH is 1. The lowest BCUT2D eigenvalue weighted by Gasteiger charge is -2.08. The summed E-state index contributed by atoms with van der Waals surface area (Å²) in [6.07, 6.45) is 0. The van der Waals surface area contributed by atoms with Gasteiger partial charge in [-0.25, -0.2) is 0 Å². The minimum atomic E-state index is -0.566. The summed E-state index contributed by atoms with van der Waals surface area (Å²) in [6.45, 7) is -0.0832. The number of carbonyl (C=O) groups is 1. The zero-order valence-electron chi connectivity index (χ0n) is 9.36. The average Bonchev–Trinajstić information content (AvgIpc) is 2.36. The first kappa shape index (κ1) is 11.4. The number of carbonyl (C=O) groups excluding carboxylic acids is 1. The number of benzene rings is 2. The molecule has 0 heterocycles. The predicted octanol–water partition coefficient (Wildman–Crippen LogP) is 1.24. The number of rotatable bonds is 3. The van der Waals surface area contributed by atoms with Gasteiger partial charge in [-0.15, -0.1) is 0 Å². The number of primary amides is 1. The van der Waals surface area contributed by atoms with Crippen molar-refractivity contribution in [2.75, 3.05) is 7.11 Å². The molecule has 4 nitrogen and oxygen atoms in total. The predicted molar refractivity (Wildman–Crippen MR) is 63.8 cm³/mol. The molecule has 3 N–H and O–H groups in total. The van der Waals surface area contributed by atoms with Crippen LogP contribution in [0.5, 0.6) is 5.75 Å². The van der Waals surface area contributed by atoms with Gasteiger partial charge in [0, 0.05) is 6.07 Å². The summed E-state index contributed by atoms with van der Waals surface area (Å²) in [6, 6.07) is 9.90. The van der Waals surface area contributed by atoms with Crippen molar-refractivity contribution in [1.29, 1.82) is 0 Å². The molecule has 1 amide bonds. The van der Waals surface area contributed by atoms with Crippen molar-refractivity contribution in [3.63, 3.8) is 0 Å². The third kappa shape index (κ3) is 2.07. The number of ether oxygens (including phenoxy) is 1. The number of aliphatic hydroxyl groups is 1. The van der Waals surface area contributed by atoms with Crippen LogP contribution < -0.4 is 10.5 Å². The molecule has 0 fully saturated rings. The highest BCUT2D eigenvalue weighted by Gasteiger charge is 2.10. The average molecular weight is 230 g/mol. The van der Waals surface area contributed by atoms with Gasteiger partial charge in [0.2, 0.25) is 5.91 Å². The summed E-state index contributed by atoms with van der Waals surface area (Å²) >= 11 is 0. The van der Waals surface area contributed by atoms with E-state index in [0.29, 0.717) is 11.1 Å². The van der Waals surface area contributed by atoms with Gasteiger partial charge in [0.25, 0.3) is 0 Å². The zero-order chi connectivity index (χ0) is 12.4. The SMILES string of the molecule is COc1[c]c(C(N)=O)c2cc(CO)ccc2c1. The Hall–Kier alpha value is -2.07. The first-order valence-corrected chi connectivity index (χ1v) is 5.09. The summed E-state index contributed by atoms with van der Waals surface area (Å²) in [4.78, 5) is 11.4. The third-order valence-electron chi connectivity index (χ3n) is 2.57. The van der Waals surface area contributed by atoms with E-state index >= 15 is 0 Å². The van der Waals surface area contributed by atoms with E-state index in [1.165, 1.54) is 7.11 Å². The first-order valence-electron chi connectivity index (χ1n) is 5.09. The van der Waals surface area contributed by atoms with Gasteiger partial charge in [-0.3, -0.25) is 4.79 Å². The van der Waals surface area contributed by atoms with Crippen LogP contribution in [0.25, 0.3) is 10.8 Å². The van der Waals surface area contributed by atoms with Crippen molar-refractivity contribution in [3.8, 4) is 5.75 Å². The number of fused-ring (bicyclic) bond motifs is 1. The molecular weight excluding hydrogens is 218 g/mol. The molecule has 1 radical (unpaired) electrons. The van der Waals surface area contributed by atoms with Crippen molar-refractivity contribution in [3.05, 3.63) is 41.5 Å². The first-order chi connectivity index (χ1) is 8.15. The molecule has 0 aliphatic carbocycles. The van der Waals surface area contributed by atoms with Gasteiger partial charge in [0.15, 0.2) is 0 Å². The Morgan fingerprint density at radius 2 is 2.24 bits per heavy atom. The van der Waals surface area contributed by atoms with Crippen LogP contribution in [0.15, 0.2) is 24.3 Å². The van der Waals surface area contributed by atoms with Gasteiger partial charge in [0.1, 0.15) is 5.75 Å². The zero-order valence-corrected chi connectivity index (χ0v) is 9.36. The smallest absolute Gasteiger partial charge is 0.250 e. The molecule has 2 aromatic rings. The van der Waals surface area contributed by atoms with Crippen LogP contribution in [0.4, 0.5) is 0 Å². The number of hydrogen-bond donors (Lipinski definition) is 2. The molecule has 0 spiro atoms. The maximum Gasteiger partial charge on any atom is 0.250 e. The molecule has 0 aromatic heterocycles. The van der Waals surface area contributed by atoms with Crippen molar-refractivity contribution in [2.45, 2.75) is 6.61 Å². The molecular formula is C13H12NO3. The maximum atomic E-state index is 11.4. The van der Waals surface area contributed by atoms with E-state index in [0.717, 1.165) is 10.9 Å². The van der Waals surface area contributed by atoms with Crippen LogP contribution in [0.1, 0.15) is 15.9 Å². The Balaban J connectivity index is 2.77. The van der Waals surface area contributed by atoms with E-state index in [1.807, 2.05) is 6.07 Å². The number of methoxy groups -OCH3 is 1. The molecule has 0 unspecified atom stereocenters. The van der Waals surface area contributed by atoms with Crippen LogP contribution in [0, 0.1) is 6.07 Å². The Morgan fingerprint density at radius 1 is 1.47 bits per heavy atom. The molecule has 2 rings (SSSR count). The standard InChI is InChI=1S/C13H12NO3/c1-17-10-5-9-3-2-8(7-15)4-11(9)12(6-10)13(14)16/h2-5,15H,7H2,1H3,(H2,14,16). The van der Waals surface area contributed by atoms with Crippen molar-refractivity contribution >= 4 is 16.7 Å². The molecule has 87 valence electrons. The molecule has 2 aromatic carbocycles. The molecule has 0 saturated heterocycles. The maximum absolute atomic E-state index is 11.4. The number of nitrogens with two attached hydrogens (primary N) is 1. The topological polar surface area (TPSA) is 72.5 Å². The molecule has 0 aliphatic rings. The fraction of sp³-hybridized carbons (Fsp3) is 0.154. The summed E-state index contributed by atoms with van der Waals surface area (Å²) in [7, 11) is 1.50.